The molecule has 0 aromatic carbocycles. The molecule has 0 amide bonds. The zero-order valence-electron chi connectivity index (χ0n) is 19.0. The highest BCUT2D eigenvalue weighted by molar-refractivity contribution is 5.78. The number of rotatable bonds is 5. The summed E-state index contributed by atoms with van der Waals surface area (Å²) in [6.45, 7) is 8.91. The summed E-state index contributed by atoms with van der Waals surface area (Å²) in [6, 6.07) is 0. The third-order valence-corrected chi connectivity index (χ3v) is 6.59. The lowest BCUT2D eigenvalue weighted by Gasteiger charge is -2.34. The van der Waals surface area contributed by atoms with E-state index < -0.39 is 0 Å². The summed E-state index contributed by atoms with van der Waals surface area (Å²) in [6.07, 6.45) is 10.1. The normalized spacial score (nSPS) is 21.3. The lowest BCUT2D eigenvalue weighted by Crippen LogP contribution is -2.40. The summed E-state index contributed by atoms with van der Waals surface area (Å²) in [7, 11) is 1.82. The fraction of sp³-hybridized carbons (Fsp3) is 0.783. The smallest absolute Gasteiger partial charge is 0.278 e. The van der Waals surface area contributed by atoms with E-state index in [4.69, 9.17) is 9.72 Å². The van der Waals surface area contributed by atoms with Crippen molar-refractivity contribution in [3.8, 4) is 0 Å². The molecule has 0 spiro atoms. The van der Waals surface area contributed by atoms with Crippen molar-refractivity contribution >= 4 is 17.0 Å². The number of ether oxygens (including phenoxy) is 1. The van der Waals surface area contributed by atoms with Crippen LogP contribution in [0.2, 0.25) is 0 Å². The highest BCUT2D eigenvalue weighted by Crippen LogP contribution is 2.29. The number of H-pyrrole nitrogens is 1. The van der Waals surface area contributed by atoms with Crippen molar-refractivity contribution in [2.24, 2.45) is 13.0 Å². The molecule has 2 fully saturated rings. The standard InChI is InChI=1S/C23H37N5O2/c1-23(2,3)20-18-19(27(4)26-20)21(29)25-22(24-18)28(14-16-10-6-5-7-11-16)15-17-12-8-9-13-30-17/h16-17H,5-15H2,1-4H3,(H,24,25,29). The lowest BCUT2D eigenvalue weighted by atomic mass is 9.89. The Labute approximate surface area is 179 Å². The number of aromatic nitrogens is 4. The number of aromatic amines is 1. The molecule has 2 aromatic rings. The first-order chi connectivity index (χ1) is 14.3. The van der Waals surface area contributed by atoms with Crippen molar-refractivity contribution in [1.29, 1.82) is 0 Å². The van der Waals surface area contributed by atoms with Crippen molar-refractivity contribution in [2.75, 3.05) is 24.6 Å². The molecule has 1 N–H and O–H groups in total. The molecule has 0 bridgehead atoms. The van der Waals surface area contributed by atoms with Crippen molar-refractivity contribution in [2.45, 2.75) is 83.7 Å². The SMILES string of the molecule is Cn1nc(C(C)(C)C)c2nc(N(CC3CCCCC3)CC3CCCCO3)[nH]c(=O)c21. The highest BCUT2D eigenvalue weighted by Gasteiger charge is 2.28. The Balaban J connectivity index is 1.71. The lowest BCUT2D eigenvalue weighted by molar-refractivity contribution is 0.0203. The van der Waals surface area contributed by atoms with Crippen molar-refractivity contribution in [3.05, 3.63) is 16.0 Å². The molecule has 1 saturated carbocycles. The van der Waals surface area contributed by atoms with Gasteiger partial charge in [0.2, 0.25) is 5.95 Å². The van der Waals surface area contributed by atoms with Gasteiger partial charge in [-0.25, -0.2) is 4.98 Å². The molecule has 7 nitrogen and oxygen atoms in total. The van der Waals surface area contributed by atoms with Crippen molar-refractivity contribution < 1.29 is 4.74 Å². The van der Waals surface area contributed by atoms with Crippen LogP contribution in [0.5, 0.6) is 0 Å². The van der Waals surface area contributed by atoms with E-state index in [0.717, 1.165) is 43.7 Å². The van der Waals surface area contributed by atoms with Crippen molar-refractivity contribution in [1.82, 2.24) is 19.7 Å². The molecule has 3 heterocycles. The van der Waals surface area contributed by atoms with Crippen LogP contribution in [0, 0.1) is 5.92 Å². The third kappa shape index (κ3) is 4.56. The first-order valence-electron chi connectivity index (χ1n) is 11.7. The maximum atomic E-state index is 13.0. The topological polar surface area (TPSA) is 76.0 Å². The summed E-state index contributed by atoms with van der Waals surface area (Å²) in [5.74, 6) is 1.32. The molecular formula is C23H37N5O2. The fourth-order valence-electron chi connectivity index (χ4n) is 4.95. The molecular weight excluding hydrogens is 378 g/mol. The second kappa shape index (κ2) is 8.69. The van der Waals surface area contributed by atoms with Gasteiger partial charge in [0.1, 0.15) is 5.52 Å². The number of fused-ring (bicyclic) bond motifs is 1. The van der Waals surface area contributed by atoms with Gasteiger partial charge in [-0.2, -0.15) is 5.10 Å². The molecule has 4 rings (SSSR count). The van der Waals surface area contributed by atoms with E-state index in [9.17, 15) is 4.79 Å². The number of hydrogen-bond donors (Lipinski definition) is 1. The maximum Gasteiger partial charge on any atom is 0.278 e. The zero-order valence-corrected chi connectivity index (χ0v) is 19.0. The number of aryl methyl sites for hydroxylation is 1. The quantitative estimate of drug-likeness (QED) is 0.801. The molecule has 1 unspecified atom stereocenters. The molecule has 2 aromatic heterocycles. The third-order valence-electron chi connectivity index (χ3n) is 6.59. The first kappa shape index (κ1) is 21.3. The van der Waals surface area contributed by atoms with Crippen LogP contribution >= 0.6 is 0 Å². The van der Waals surface area contributed by atoms with Crippen LogP contribution in [0.25, 0.3) is 11.0 Å². The maximum absolute atomic E-state index is 13.0. The summed E-state index contributed by atoms with van der Waals surface area (Å²) < 4.78 is 7.71. The molecule has 1 atom stereocenters. The average Bonchev–Trinajstić information content (AvgIpc) is 3.06. The van der Waals surface area contributed by atoms with E-state index in [0.29, 0.717) is 17.4 Å². The minimum atomic E-state index is -0.182. The Kier molecular flexibility index (Phi) is 6.19. The molecule has 1 saturated heterocycles. The van der Waals surface area contributed by atoms with Crippen LogP contribution in [-0.4, -0.2) is 45.5 Å². The predicted molar refractivity (Wildman–Crippen MR) is 120 cm³/mol. The Morgan fingerprint density at radius 3 is 2.50 bits per heavy atom. The average molecular weight is 416 g/mol. The van der Waals surface area contributed by atoms with Gasteiger partial charge in [0, 0.05) is 32.2 Å². The van der Waals surface area contributed by atoms with Gasteiger partial charge in [0.25, 0.3) is 5.56 Å². The highest BCUT2D eigenvalue weighted by atomic mass is 16.5. The molecule has 7 heteroatoms. The van der Waals surface area contributed by atoms with E-state index in [2.05, 4.69) is 35.8 Å². The molecule has 2 aliphatic rings. The van der Waals surface area contributed by atoms with E-state index in [-0.39, 0.29) is 17.1 Å². The van der Waals surface area contributed by atoms with Crippen LogP contribution in [-0.2, 0) is 17.2 Å². The van der Waals surface area contributed by atoms with Gasteiger partial charge in [-0.1, -0.05) is 40.0 Å². The van der Waals surface area contributed by atoms with Gasteiger partial charge in [0.15, 0.2) is 5.52 Å². The van der Waals surface area contributed by atoms with E-state index in [1.807, 2.05) is 7.05 Å². The second-order valence-electron chi connectivity index (χ2n) is 10.2. The van der Waals surface area contributed by atoms with Gasteiger partial charge in [0.05, 0.1) is 11.8 Å². The molecule has 166 valence electrons. The minimum Gasteiger partial charge on any atom is -0.376 e. The Bertz CT molecular complexity index is 894. The first-order valence-corrected chi connectivity index (χ1v) is 11.7. The molecule has 1 aliphatic carbocycles. The fourth-order valence-corrected chi connectivity index (χ4v) is 4.95. The minimum absolute atomic E-state index is 0.112. The Hall–Kier alpha value is -1.89. The van der Waals surface area contributed by atoms with Gasteiger partial charge in [-0.15, -0.1) is 0 Å². The van der Waals surface area contributed by atoms with Gasteiger partial charge < -0.3 is 9.64 Å². The second-order valence-corrected chi connectivity index (χ2v) is 10.2. The van der Waals surface area contributed by atoms with Crippen LogP contribution in [0.1, 0.15) is 77.8 Å². The predicted octanol–water partition coefficient (Wildman–Crippen LogP) is 3.91. The molecule has 0 radical (unpaired) electrons. The van der Waals surface area contributed by atoms with E-state index >= 15 is 0 Å². The summed E-state index contributed by atoms with van der Waals surface area (Å²) in [5, 5.41) is 4.64. The summed E-state index contributed by atoms with van der Waals surface area (Å²) >= 11 is 0. The largest absolute Gasteiger partial charge is 0.376 e. The van der Waals surface area contributed by atoms with Crippen LogP contribution in [0.3, 0.4) is 0 Å². The van der Waals surface area contributed by atoms with Gasteiger partial charge in [-0.3, -0.25) is 14.5 Å². The molecule has 30 heavy (non-hydrogen) atoms. The number of nitrogens with zero attached hydrogens (tertiary/aromatic N) is 4. The van der Waals surface area contributed by atoms with Gasteiger partial charge >= 0.3 is 0 Å². The number of nitrogens with one attached hydrogen (secondary N) is 1. The summed E-state index contributed by atoms with van der Waals surface area (Å²) in [5.41, 5.74) is 1.85. The van der Waals surface area contributed by atoms with E-state index in [1.54, 1.807) is 4.68 Å². The van der Waals surface area contributed by atoms with Crippen LogP contribution in [0.15, 0.2) is 4.79 Å². The summed E-state index contributed by atoms with van der Waals surface area (Å²) in [4.78, 5) is 23.4. The van der Waals surface area contributed by atoms with Crippen LogP contribution in [0.4, 0.5) is 5.95 Å². The van der Waals surface area contributed by atoms with Crippen LogP contribution < -0.4 is 10.5 Å². The van der Waals surface area contributed by atoms with E-state index in [1.165, 1.54) is 38.5 Å². The van der Waals surface area contributed by atoms with Gasteiger partial charge in [-0.05, 0) is 38.0 Å². The Morgan fingerprint density at radius 1 is 1.10 bits per heavy atom. The number of anilines is 1. The van der Waals surface area contributed by atoms with Crippen molar-refractivity contribution in [3.63, 3.8) is 0 Å². The Morgan fingerprint density at radius 2 is 1.83 bits per heavy atom. The zero-order chi connectivity index (χ0) is 21.3. The number of hydrogen-bond acceptors (Lipinski definition) is 5. The molecule has 1 aliphatic heterocycles. The monoisotopic (exact) mass is 415 g/mol.